The van der Waals surface area contributed by atoms with Gasteiger partial charge in [-0.25, -0.2) is 4.79 Å². The molecule has 0 saturated carbocycles. The molecule has 3 aromatic carbocycles. The highest BCUT2D eigenvalue weighted by Crippen LogP contribution is 2.37. The molecule has 5 rings (SSSR count). The average molecular weight is 453 g/mol. The number of hydrogen-bond acceptors (Lipinski definition) is 5. The van der Waals surface area contributed by atoms with E-state index in [1.165, 1.54) is 30.3 Å². The fourth-order valence-electron chi connectivity index (χ4n) is 3.93. The number of ether oxygens (including phenoxy) is 2. The molecule has 1 aliphatic heterocycles. The van der Waals surface area contributed by atoms with Gasteiger partial charge in [0.15, 0.2) is 6.73 Å². The summed E-state index contributed by atoms with van der Waals surface area (Å²) in [6, 6.07) is 18.6. The number of nitrogens with zero attached hydrogens (tertiary/aromatic N) is 1. The van der Waals surface area contributed by atoms with Crippen molar-refractivity contribution in [2.45, 2.75) is 19.8 Å². The van der Waals surface area contributed by atoms with Crippen molar-refractivity contribution in [1.29, 1.82) is 0 Å². The summed E-state index contributed by atoms with van der Waals surface area (Å²) in [7, 11) is 0. The van der Waals surface area contributed by atoms with Gasteiger partial charge >= 0.3 is 12.0 Å². The lowest BCUT2D eigenvalue weighted by Gasteiger charge is -2.31. The zero-order valence-electron chi connectivity index (χ0n) is 17.5. The first-order valence-corrected chi connectivity index (χ1v) is 10.2. The molecule has 0 atom stereocenters. The molecule has 0 aliphatic carbocycles. The molecule has 0 saturated heterocycles. The Bertz CT molecular complexity index is 1380. The molecule has 0 unspecified atom stereocenters. The smallest absolute Gasteiger partial charge is 0.473 e. The highest BCUT2D eigenvalue weighted by atomic mass is 19.4. The van der Waals surface area contributed by atoms with Crippen molar-refractivity contribution >= 4 is 16.7 Å². The second kappa shape index (κ2) is 7.88. The molecule has 1 aliphatic rings. The lowest BCUT2D eigenvalue weighted by Crippen LogP contribution is -2.32. The Balaban J connectivity index is 1.52. The summed E-state index contributed by atoms with van der Waals surface area (Å²) >= 11 is 0. The Morgan fingerprint density at radius 3 is 2.39 bits per heavy atom. The molecule has 0 fully saturated rings. The molecule has 1 aromatic heterocycles. The minimum Gasteiger partial charge on any atom is -0.473 e. The van der Waals surface area contributed by atoms with Crippen molar-refractivity contribution < 1.29 is 27.1 Å². The van der Waals surface area contributed by atoms with Crippen LogP contribution in [0.2, 0.25) is 0 Å². The van der Waals surface area contributed by atoms with Gasteiger partial charge in [0.25, 0.3) is 0 Å². The molecule has 0 spiro atoms. The van der Waals surface area contributed by atoms with Crippen LogP contribution in [0.3, 0.4) is 0 Å². The third-order valence-corrected chi connectivity index (χ3v) is 5.50. The van der Waals surface area contributed by atoms with Crippen molar-refractivity contribution in [2.24, 2.45) is 0 Å². The maximum absolute atomic E-state index is 12.4. The Morgan fingerprint density at radius 1 is 0.970 bits per heavy atom. The van der Waals surface area contributed by atoms with E-state index in [0.29, 0.717) is 29.1 Å². The zero-order chi connectivity index (χ0) is 23.2. The standard InChI is InChI=1S/C25H18F3NO4/c1-15-2-4-16(5-3-15)20-12-23(30)32-24-19(20)10-11-22-21(24)13-29(14-31-22)17-6-8-18(9-7-17)33-25(26,27)28/h2-12H,13-14H2,1H3. The molecule has 0 radical (unpaired) electrons. The first kappa shape index (κ1) is 20.9. The Morgan fingerprint density at radius 2 is 1.70 bits per heavy atom. The molecule has 168 valence electrons. The quantitative estimate of drug-likeness (QED) is 0.355. The molecular formula is C25H18F3NO4. The van der Waals surface area contributed by atoms with Crippen molar-refractivity contribution in [2.75, 3.05) is 11.6 Å². The fourth-order valence-corrected chi connectivity index (χ4v) is 3.93. The number of fused-ring (bicyclic) bond motifs is 3. The van der Waals surface area contributed by atoms with Crippen LogP contribution in [0.5, 0.6) is 11.5 Å². The van der Waals surface area contributed by atoms with E-state index in [-0.39, 0.29) is 12.5 Å². The van der Waals surface area contributed by atoms with Gasteiger partial charge in [0, 0.05) is 17.1 Å². The van der Waals surface area contributed by atoms with Gasteiger partial charge in [-0.2, -0.15) is 0 Å². The predicted molar refractivity (Wildman–Crippen MR) is 117 cm³/mol. The first-order valence-electron chi connectivity index (χ1n) is 10.2. The van der Waals surface area contributed by atoms with Crippen LogP contribution in [-0.2, 0) is 6.54 Å². The summed E-state index contributed by atoms with van der Waals surface area (Å²) < 4.78 is 52.7. The van der Waals surface area contributed by atoms with E-state index in [1.54, 1.807) is 0 Å². The van der Waals surface area contributed by atoms with Gasteiger partial charge in [-0.15, -0.1) is 13.2 Å². The van der Waals surface area contributed by atoms with E-state index >= 15 is 0 Å². The van der Waals surface area contributed by atoms with Crippen LogP contribution in [0.15, 0.2) is 75.9 Å². The number of benzene rings is 3. The number of aryl methyl sites for hydroxylation is 1. The van der Waals surface area contributed by atoms with E-state index in [2.05, 4.69) is 4.74 Å². The van der Waals surface area contributed by atoms with Crippen LogP contribution in [-0.4, -0.2) is 13.1 Å². The number of anilines is 1. The van der Waals surface area contributed by atoms with Crippen molar-refractivity contribution in [3.05, 3.63) is 88.3 Å². The normalized spacial score (nSPS) is 13.5. The summed E-state index contributed by atoms with van der Waals surface area (Å²) in [5.74, 6) is 0.295. The van der Waals surface area contributed by atoms with Gasteiger partial charge in [-0.05, 0) is 54.4 Å². The Labute approximate surface area is 186 Å². The van der Waals surface area contributed by atoms with Crippen molar-refractivity contribution in [3.8, 4) is 22.6 Å². The van der Waals surface area contributed by atoms with Gasteiger partial charge in [-0.3, -0.25) is 0 Å². The van der Waals surface area contributed by atoms with Crippen LogP contribution in [0.4, 0.5) is 18.9 Å². The van der Waals surface area contributed by atoms with Crippen molar-refractivity contribution in [1.82, 2.24) is 0 Å². The molecular weight excluding hydrogens is 435 g/mol. The van der Waals surface area contributed by atoms with Crippen molar-refractivity contribution in [3.63, 3.8) is 0 Å². The van der Waals surface area contributed by atoms with Crippen LogP contribution in [0, 0.1) is 6.92 Å². The summed E-state index contributed by atoms with van der Waals surface area (Å²) in [5, 5.41) is 0.775. The summed E-state index contributed by atoms with van der Waals surface area (Å²) in [5.41, 5.74) is 4.06. The molecule has 33 heavy (non-hydrogen) atoms. The van der Waals surface area contributed by atoms with Gasteiger partial charge in [-0.1, -0.05) is 29.8 Å². The summed E-state index contributed by atoms with van der Waals surface area (Å²) in [4.78, 5) is 14.2. The minimum atomic E-state index is -4.75. The van der Waals surface area contributed by atoms with Crippen LogP contribution in [0.1, 0.15) is 11.1 Å². The second-order valence-electron chi connectivity index (χ2n) is 7.78. The highest BCUT2D eigenvalue weighted by Gasteiger charge is 2.31. The highest BCUT2D eigenvalue weighted by molar-refractivity contribution is 5.96. The summed E-state index contributed by atoms with van der Waals surface area (Å²) in [6.45, 7) is 2.54. The zero-order valence-corrected chi connectivity index (χ0v) is 17.5. The van der Waals surface area contributed by atoms with Crippen LogP contribution >= 0.6 is 0 Å². The summed E-state index contributed by atoms with van der Waals surface area (Å²) in [6.07, 6.45) is -4.75. The molecule has 0 N–H and O–H groups in total. The topological polar surface area (TPSA) is 51.9 Å². The van der Waals surface area contributed by atoms with E-state index in [4.69, 9.17) is 9.15 Å². The Kier molecular flexibility index (Phi) is 5.00. The maximum atomic E-state index is 12.4. The van der Waals surface area contributed by atoms with E-state index in [1.807, 2.05) is 48.2 Å². The van der Waals surface area contributed by atoms with Gasteiger partial charge in [0.05, 0.1) is 12.1 Å². The Hall–Kier alpha value is -3.94. The van der Waals surface area contributed by atoms with E-state index in [0.717, 1.165) is 22.1 Å². The van der Waals surface area contributed by atoms with Gasteiger partial charge in [0.1, 0.15) is 17.1 Å². The lowest BCUT2D eigenvalue weighted by molar-refractivity contribution is -0.274. The number of hydrogen-bond donors (Lipinski definition) is 0. The number of alkyl halides is 3. The molecule has 0 bridgehead atoms. The fraction of sp³-hybridized carbons (Fsp3) is 0.160. The lowest BCUT2D eigenvalue weighted by atomic mass is 9.98. The molecule has 2 heterocycles. The number of halogens is 3. The van der Waals surface area contributed by atoms with Crippen LogP contribution in [0.25, 0.3) is 22.1 Å². The number of rotatable bonds is 3. The minimum absolute atomic E-state index is 0.194. The van der Waals surface area contributed by atoms with Gasteiger partial charge in [0.2, 0.25) is 0 Å². The van der Waals surface area contributed by atoms with E-state index < -0.39 is 12.0 Å². The average Bonchev–Trinajstić information content (AvgIpc) is 2.78. The van der Waals surface area contributed by atoms with Gasteiger partial charge < -0.3 is 18.8 Å². The van der Waals surface area contributed by atoms with E-state index in [9.17, 15) is 18.0 Å². The first-order chi connectivity index (χ1) is 15.8. The monoisotopic (exact) mass is 453 g/mol. The third kappa shape index (κ3) is 4.24. The molecule has 0 amide bonds. The second-order valence-corrected chi connectivity index (χ2v) is 7.78. The largest absolute Gasteiger partial charge is 0.573 e. The SMILES string of the molecule is Cc1ccc(-c2cc(=O)oc3c4c(ccc23)OCN(c2ccc(OC(F)(F)F)cc2)C4)cc1. The molecule has 5 nitrogen and oxygen atoms in total. The molecule has 4 aromatic rings. The maximum Gasteiger partial charge on any atom is 0.573 e. The molecule has 8 heteroatoms. The van der Waals surface area contributed by atoms with Crippen LogP contribution < -0.4 is 20.0 Å². The third-order valence-electron chi connectivity index (χ3n) is 5.50. The predicted octanol–water partition coefficient (Wildman–Crippen LogP) is 6.02.